The lowest BCUT2D eigenvalue weighted by Crippen LogP contribution is -2.43. The third kappa shape index (κ3) is 8.75. The summed E-state index contributed by atoms with van der Waals surface area (Å²) in [7, 11) is 3.38. The summed E-state index contributed by atoms with van der Waals surface area (Å²) in [5, 5.41) is 0. The minimum atomic E-state index is -4.45. The lowest BCUT2D eigenvalue weighted by molar-refractivity contribution is -0.216. The molecule has 0 N–H and O–H groups in total. The van der Waals surface area contributed by atoms with Crippen molar-refractivity contribution in [1.82, 2.24) is 9.80 Å². The van der Waals surface area contributed by atoms with E-state index in [2.05, 4.69) is 23.3 Å². The van der Waals surface area contributed by atoms with Crippen LogP contribution in [0.25, 0.3) is 0 Å². The van der Waals surface area contributed by atoms with Gasteiger partial charge in [-0.1, -0.05) is 18.9 Å². The first-order valence-electron chi connectivity index (χ1n) is 12.0. The van der Waals surface area contributed by atoms with Crippen LogP contribution in [0.3, 0.4) is 0 Å². The van der Waals surface area contributed by atoms with Gasteiger partial charge in [-0.2, -0.15) is 8.78 Å². The van der Waals surface area contributed by atoms with Crippen molar-refractivity contribution in [2.24, 2.45) is 0 Å². The summed E-state index contributed by atoms with van der Waals surface area (Å²) in [4.78, 5) is 15.5. The number of hydrogen-bond donors (Lipinski definition) is 0. The number of nitrogens with zero attached hydrogens (tertiary/aromatic N) is 2. The predicted octanol–water partition coefficient (Wildman–Crippen LogP) is 6.23. The van der Waals surface area contributed by atoms with Crippen molar-refractivity contribution in [2.45, 2.75) is 69.6 Å². The van der Waals surface area contributed by atoms with E-state index >= 15 is 0 Å². The monoisotopic (exact) mass is 506 g/mol. The molecule has 0 spiro atoms. The first kappa shape index (κ1) is 29.0. The molecular weight excluding hydrogens is 471 g/mol. The first-order valence-corrected chi connectivity index (χ1v) is 12.0. The zero-order valence-corrected chi connectivity index (χ0v) is 20.4. The highest BCUT2D eigenvalue weighted by molar-refractivity contribution is 5.68. The molecule has 0 radical (unpaired) electrons. The van der Waals surface area contributed by atoms with E-state index in [1.54, 1.807) is 0 Å². The average Bonchev–Trinajstić information content (AvgIpc) is 2.81. The van der Waals surface area contributed by atoms with Gasteiger partial charge in [-0.25, -0.2) is 18.0 Å². The number of unbranched alkanes of at least 4 members (excludes halogenated alkanes) is 3. The fourth-order valence-corrected chi connectivity index (χ4v) is 4.13. The van der Waals surface area contributed by atoms with Crippen LogP contribution in [0.4, 0.5) is 26.7 Å². The Bertz CT molecular complexity index is 832. The minimum absolute atomic E-state index is 0.0483. The molecule has 1 amide bonds. The molecule has 0 aromatic heterocycles. The van der Waals surface area contributed by atoms with Gasteiger partial charge in [0.15, 0.2) is 17.5 Å². The molecule has 1 saturated carbocycles. The summed E-state index contributed by atoms with van der Waals surface area (Å²) in [6, 6.07) is 0.356. The first-order chi connectivity index (χ1) is 16.6. The number of carbonyl (C=O) groups excluding carboxylic acids is 1. The van der Waals surface area contributed by atoms with Crippen molar-refractivity contribution in [3.8, 4) is 0 Å². The summed E-state index contributed by atoms with van der Waals surface area (Å²) in [6.45, 7) is 6.30. The van der Waals surface area contributed by atoms with E-state index in [9.17, 15) is 26.7 Å². The molecule has 1 fully saturated rings. The van der Waals surface area contributed by atoms with Crippen LogP contribution >= 0.6 is 0 Å². The Balaban J connectivity index is 1.70. The minimum Gasteiger partial charge on any atom is -0.380 e. The SMILES string of the molecule is C=CCN(C)CCCCCCO[C@H]1CC[C@H](N(C)C(=O)OC(F)(F)c2ccc(F)c(F)c2F)CC1. The molecule has 1 aromatic rings. The number of amides is 1. The van der Waals surface area contributed by atoms with Crippen LogP contribution in [0.5, 0.6) is 0 Å². The van der Waals surface area contributed by atoms with Gasteiger partial charge in [0, 0.05) is 26.2 Å². The molecule has 5 nitrogen and oxygen atoms in total. The molecule has 0 unspecified atom stereocenters. The fourth-order valence-electron chi connectivity index (χ4n) is 4.13. The number of halogens is 5. The number of alkyl halides is 2. The second kappa shape index (κ2) is 13.8. The highest BCUT2D eigenvalue weighted by atomic mass is 19.3. The van der Waals surface area contributed by atoms with E-state index < -0.39 is 35.2 Å². The Hall–Kier alpha value is -2.20. The topological polar surface area (TPSA) is 42.0 Å². The maximum atomic E-state index is 14.3. The molecule has 1 aromatic carbocycles. The van der Waals surface area contributed by atoms with Crippen LogP contribution in [0.15, 0.2) is 24.8 Å². The smallest absolute Gasteiger partial charge is 0.380 e. The average molecular weight is 507 g/mol. The van der Waals surface area contributed by atoms with Crippen LogP contribution in [0.2, 0.25) is 0 Å². The van der Waals surface area contributed by atoms with E-state index in [1.807, 2.05) is 6.08 Å². The molecular formula is C25H35F5N2O3. The molecule has 0 heterocycles. The fraction of sp³-hybridized carbons (Fsp3) is 0.640. The molecule has 35 heavy (non-hydrogen) atoms. The molecule has 0 bridgehead atoms. The summed E-state index contributed by atoms with van der Waals surface area (Å²) >= 11 is 0. The van der Waals surface area contributed by atoms with E-state index in [0.717, 1.165) is 43.7 Å². The van der Waals surface area contributed by atoms with Gasteiger partial charge in [0.2, 0.25) is 0 Å². The van der Waals surface area contributed by atoms with E-state index in [1.165, 1.54) is 7.05 Å². The summed E-state index contributed by atoms with van der Waals surface area (Å²) in [5.74, 6) is -5.76. The van der Waals surface area contributed by atoms with Crippen molar-refractivity contribution in [3.63, 3.8) is 0 Å². The van der Waals surface area contributed by atoms with Crippen LogP contribution in [0, 0.1) is 17.5 Å². The van der Waals surface area contributed by atoms with Crippen molar-refractivity contribution in [1.29, 1.82) is 0 Å². The molecule has 0 saturated heterocycles. The van der Waals surface area contributed by atoms with Gasteiger partial charge in [0.25, 0.3) is 0 Å². The number of hydrogen-bond acceptors (Lipinski definition) is 4. The van der Waals surface area contributed by atoms with Gasteiger partial charge in [0.1, 0.15) is 5.56 Å². The van der Waals surface area contributed by atoms with Crippen molar-refractivity contribution < 1.29 is 36.2 Å². The Labute approximate surface area is 203 Å². The Morgan fingerprint density at radius 3 is 2.37 bits per heavy atom. The maximum Gasteiger partial charge on any atom is 0.432 e. The lowest BCUT2D eigenvalue weighted by Gasteiger charge is -2.34. The van der Waals surface area contributed by atoms with Crippen molar-refractivity contribution in [2.75, 3.05) is 33.8 Å². The van der Waals surface area contributed by atoms with E-state index in [-0.39, 0.29) is 12.1 Å². The molecule has 1 aliphatic rings. The Morgan fingerprint density at radius 2 is 1.71 bits per heavy atom. The van der Waals surface area contributed by atoms with Crippen molar-refractivity contribution in [3.05, 3.63) is 47.8 Å². The maximum absolute atomic E-state index is 14.3. The summed E-state index contributed by atoms with van der Waals surface area (Å²) in [5.41, 5.74) is -1.54. The van der Waals surface area contributed by atoms with Gasteiger partial charge in [-0.3, -0.25) is 0 Å². The largest absolute Gasteiger partial charge is 0.432 e. The molecule has 2 rings (SSSR count). The van der Waals surface area contributed by atoms with Crippen molar-refractivity contribution >= 4 is 6.09 Å². The normalized spacial score (nSPS) is 18.5. The molecule has 198 valence electrons. The second-order valence-electron chi connectivity index (χ2n) is 8.99. The van der Waals surface area contributed by atoms with Gasteiger partial charge in [0.05, 0.1) is 6.10 Å². The quantitative estimate of drug-likeness (QED) is 0.138. The molecule has 0 aliphatic heterocycles. The zero-order chi connectivity index (χ0) is 26.0. The standard InChI is InChI=1S/C25H35F5N2O3/c1-4-15-31(2)16-7-5-6-8-17-34-19-11-9-18(10-12-19)32(3)24(33)35-25(29,30)20-13-14-21(26)23(28)22(20)27/h4,13-14,18-19H,1,5-12,15-17H2,2-3H3/t18-,19-. The van der Waals surface area contributed by atoms with E-state index in [4.69, 9.17) is 4.74 Å². The van der Waals surface area contributed by atoms with Crippen LogP contribution in [-0.4, -0.2) is 61.8 Å². The van der Waals surface area contributed by atoms with Crippen LogP contribution in [0.1, 0.15) is 56.9 Å². The van der Waals surface area contributed by atoms with Crippen LogP contribution in [-0.2, 0) is 15.6 Å². The summed E-state index contributed by atoms with van der Waals surface area (Å²) in [6.07, 6.45) is 2.82. The number of benzene rings is 1. The van der Waals surface area contributed by atoms with Crippen LogP contribution < -0.4 is 0 Å². The number of carbonyl (C=O) groups is 1. The van der Waals surface area contributed by atoms with Gasteiger partial charge >= 0.3 is 12.2 Å². The van der Waals surface area contributed by atoms with Gasteiger partial charge < -0.3 is 19.3 Å². The third-order valence-electron chi connectivity index (χ3n) is 6.27. The summed E-state index contributed by atoms with van der Waals surface area (Å²) < 4.78 is 78.7. The molecule has 1 aliphatic carbocycles. The Morgan fingerprint density at radius 1 is 1.06 bits per heavy atom. The highest BCUT2D eigenvalue weighted by Crippen LogP contribution is 2.34. The third-order valence-corrected chi connectivity index (χ3v) is 6.27. The molecule has 10 heteroatoms. The van der Waals surface area contributed by atoms with Gasteiger partial charge in [-0.05, 0) is 64.3 Å². The number of likely N-dealkylation sites (N-methyl/N-ethyl adjacent to an activating group) is 1. The Kier molecular flexibility index (Phi) is 11.4. The van der Waals surface area contributed by atoms with E-state index in [0.29, 0.717) is 44.4 Å². The predicted molar refractivity (Wildman–Crippen MR) is 123 cm³/mol. The molecule has 0 atom stereocenters. The second-order valence-corrected chi connectivity index (χ2v) is 8.99. The highest BCUT2D eigenvalue weighted by Gasteiger charge is 2.42. The lowest BCUT2D eigenvalue weighted by atomic mass is 9.92. The number of ether oxygens (including phenoxy) is 2. The van der Waals surface area contributed by atoms with Gasteiger partial charge in [-0.15, -0.1) is 6.58 Å². The zero-order valence-electron chi connectivity index (χ0n) is 20.4. The number of rotatable bonds is 13.